The molecule has 3 nitrogen and oxygen atoms in total. The highest BCUT2D eigenvalue weighted by molar-refractivity contribution is 5.79. The fourth-order valence-corrected chi connectivity index (χ4v) is 4.25. The second kappa shape index (κ2) is 7.00. The van der Waals surface area contributed by atoms with E-state index in [2.05, 4.69) is 23.6 Å². The van der Waals surface area contributed by atoms with Gasteiger partial charge in [0.1, 0.15) is 5.82 Å². The van der Waals surface area contributed by atoms with Gasteiger partial charge in [0.15, 0.2) is 0 Å². The normalized spacial score (nSPS) is 29.0. The number of amides is 1. The fourth-order valence-electron chi connectivity index (χ4n) is 4.25. The molecule has 2 fully saturated rings. The summed E-state index contributed by atoms with van der Waals surface area (Å²) in [6.45, 7) is 5.76. The standard InChI is InChI=1S/C19H27FN2O/c1-14-5-3-6-15(2)22(14)19(23)13-21-12-4-7-18(21)16-8-10-17(20)11-9-16/h8-11,14-15,18H,3-7,12-13H2,1-2H3/t14-,15-,18+/m1/s1. The number of benzene rings is 1. The highest BCUT2D eigenvalue weighted by Crippen LogP contribution is 2.32. The Bertz CT molecular complexity index is 535. The number of hydrogen-bond donors (Lipinski definition) is 0. The summed E-state index contributed by atoms with van der Waals surface area (Å²) in [5.74, 6) is 0.0454. The minimum atomic E-state index is -0.203. The van der Waals surface area contributed by atoms with Crippen molar-refractivity contribution < 1.29 is 9.18 Å². The van der Waals surface area contributed by atoms with Gasteiger partial charge in [-0.15, -0.1) is 0 Å². The Morgan fingerprint density at radius 3 is 2.39 bits per heavy atom. The van der Waals surface area contributed by atoms with E-state index in [0.717, 1.165) is 37.8 Å². The summed E-state index contributed by atoms with van der Waals surface area (Å²) in [6.07, 6.45) is 5.58. The van der Waals surface area contributed by atoms with Crippen molar-refractivity contribution in [3.8, 4) is 0 Å². The predicted molar refractivity (Wildman–Crippen MR) is 89.6 cm³/mol. The number of halogens is 1. The molecule has 0 aromatic heterocycles. The Morgan fingerprint density at radius 1 is 1.09 bits per heavy atom. The Kier molecular flexibility index (Phi) is 5.00. The highest BCUT2D eigenvalue weighted by atomic mass is 19.1. The van der Waals surface area contributed by atoms with Gasteiger partial charge in [-0.1, -0.05) is 12.1 Å². The van der Waals surface area contributed by atoms with E-state index in [0.29, 0.717) is 18.6 Å². The van der Waals surface area contributed by atoms with Gasteiger partial charge in [0.2, 0.25) is 5.91 Å². The zero-order valence-corrected chi connectivity index (χ0v) is 14.2. The zero-order valence-electron chi connectivity index (χ0n) is 14.2. The van der Waals surface area contributed by atoms with Crippen LogP contribution in [-0.4, -0.2) is 40.9 Å². The van der Waals surface area contributed by atoms with E-state index in [9.17, 15) is 9.18 Å². The van der Waals surface area contributed by atoms with Gasteiger partial charge >= 0.3 is 0 Å². The maximum atomic E-state index is 13.1. The van der Waals surface area contributed by atoms with Crippen molar-refractivity contribution in [3.63, 3.8) is 0 Å². The quantitative estimate of drug-likeness (QED) is 0.847. The maximum absolute atomic E-state index is 13.1. The molecule has 126 valence electrons. The van der Waals surface area contributed by atoms with Crippen LogP contribution in [0.15, 0.2) is 24.3 Å². The molecular weight excluding hydrogens is 291 g/mol. The molecular formula is C19H27FN2O. The summed E-state index contributed by atoms with van der Waals surface area (Å²) in [5.41, 5.74) is 1.12. The van der Waals surface area contributed by atoms with Gasteiger partial charge in [-0.3, -0.25) is 9.69 Å². The molecule has 1 aromatic rings. The zero-order chi connectivity index (χ0) is 16.4. The summed E-state index contributed by atoms with van der Waals surface area (Å²) < 4.78 is 13.1. The first kappa shape index (κ1) is 16.4. The van der Waals surface area contributed by atoms with Crippen LogP contribution < -0.4 is 0 Å². The smallest absolute Gasteiger partial charge is 0.237 e. The average Bonchev–Trinajstić information content (AvgIpc) is 2.96. The van der Waals surface area contributed by atoms with Crippen LogP contribution in [-0.2, 0) is 4.79 Å². The molecule has 0 N–H and O–H groups in total. The van der Waals surface area contributed by atoms with Crippen LogP contribution in [0.1, 0.15) is 57.6 Å². The Morgan fingerprint density at radius 2 is 1.74 bits per heavy atom. The molecule has 0 bridgehead atoms. The molecule has 1 amide bonds. The fraction of sp³-hybridized carbons (Fsp3) is 0.632. The lowest BCUT2D eigenvalue weighted by atomic mass is 9.97. The average molecular weight is 318 g/mol. The Hall–Kier alpha value is -1.42. The van der Waals surface area contributed by atoms with Crippen LogP contribution in [0.3, 0.4) is 0 Å². The van der Waals surface area contributed by atoms with Crippen LogP contribution in [0.5, 0.6) is 0 Å². The third-order valence-corrected chi connectivity index (χ3v) is 5.44. The molecule has 0 unspecified atom stereocenters. The first-order valence-electron chi connectivity index (χ1n) is 8.87. The second-order valence-electron chi connectivity index (χ2n) is 7.11. The number of hydrogen-bond acceptors (Lipinski definition) is 2. The molecule has 0 radical (unpaired) electrons. The molecule has 0 spiro atoms. The minimum absolute atomic E-state index is 0.203. The Balaban J connectivity index is 1.68. The van der Waals surface area contributed by atoms with Gasteiger partial charge < -0.3 is 4.90 Å². The van der Waals surface area contributed by atoms with E-state index in [1.54, 1.807) is 0 Å². The van der Waals surface area contributed by atoms with Crippen LogP contribution in [0, 0.1) is 5.82 Å². The van der Waals surface area contributed by atoms with Gasteiger partial charge in [-0.05, 0) is 70.2 Å². The van der Waals surface area contributed by atoms with E-state index in [4.69, 9.17) is 0 Å². The molecule has 0 saturated carbocycles. The van der Waals surface area contributed by atoms with Gasteiger partial charge in [-0.2, -0.15) is 0 Å². The molecule has 0 aliphatic carbocycles. The summed E-state index contributed by atoms with van der Waals surface area (Å²) in [6, 6.07) is 7.68. The Labute approximate surface area is 138 Å². The predicted octanol–water partition coefficient (Wildman–Crippen LogP) is 3.75. The van der Waals surface area contributed by atoms with Crippen LogP contribution in [0.4, 0.5) is 4.39 Å². The number of carbonyl (C=O) groups is 1. The monoisotopic (exact) mass is 318 g/mol. The number of carbonyl (C=O) groups excluding carboxylic acids is 1. The molecule has 3 atom stereocenters. The van der Waals surface area contributed by atoms with Crippen molar-refractivity contribution in [3.05, 3.63) is 35.6 Å². The summed E-state index contributed by atoms with van der Waals surface area (Å²) in [4.78, 5) is 17.2. The lowest BCUT2D eigenvalue weighted by molar-refractivity contribution is -0.138. The van der Waals surface area contributed by atoms with Crippen molar-refractivity contribution >= 4 is 5.91 Å². The van der Waals surface area contributed by atoms with E-state index < -0.39 is 0 Å². The van der Waals surface area contributed by atoms with Crippen molar-refractivity contribution in [2.45, 2.75) is 64.1 Å². The topological polar surface area (TPSA) is 23.6 Å². The lowest BCUT2D eigenvalue weighted by Crippen LogP contribution is -2.51. The van der Waals surface area contributed by atoms with Crippen molar-refractivity contribution in [2.24, 2.45) is 0 Å². The molecule has 2 heterocycles. The molecule has 4 heteroatoms. The van der Waals surface area contributed by atoms with Gasteiger partial charge in [0.25, 0.3) is 0 Å². The highest BCUT2D eigenvalue weighted by Gasteiger charge is 2.33. The molecule has 1 aromatic carbocycles. The van der Waals surface area contributed by atoms with E-state index in [-0.39, 0.29) is 17.8 Å². The van der Waals surface area contributed by atoms with Crippen LogP contribution in [0.2, 0.25) is 0 Å². The molecule has 3 rings (SSSR count). The lowest BCUT2D eigenvalue weighted by Gasteiger charge is -2.40. The van der Waals surface area contributed by atoms with Crippen LogP contribution >= 0.6 is 0 Å². The summed E-state index contributed by atoms with van der Waals surface area (Å²) >= 11 is 0. The third-order valence-electron chi connectivity index (χ3n) is 5.44. The van der Waals surface area contributed by atoms with Crippen molar-refractivity contribution in [2.75, 3.05) is 13.1 Å². The number of nitrogens with zero attached hydrogens (tertiary/aromatic N) is 2. The van der Waals surface area contributed by atoms with Gasteiger partial charge in [0.05, 0.1) is 6.54 Å². The third kappa shape index (κ3) is 3.57. The summed E-state index contributed by atoms with van der Waals surface area (Å²) in [5, 5.41) is 0. The number of likely N-dealkylation sites (tertiary alicyclic amines) is 2. The number of piperidine rings is 1. The first-order valence-corrected chi connectivity index (χ1v) is 8.87. The minimum Gasteiger partial charge on any atom is -0.336 e. The molecule has 23 heavy (non-hydrogen) atoms. The summed E-state index contributed by atoms with van der Waals surface area (Å²) in [7, 11) is 0. The number of rotatable bonds is 3. The molecule has 2 aliphatic heterocycles. The van der Waals surface area contributed by atoms with Gasteiger partial charge in [0, 0.05) is 18.1 Å². The SMILES string of the molecule is C[C@@H]1CCC[C@@H](C)N1C(=O)CN1CCC[C@H]1c1ccc(F)cc1. The first-order chi connectivity index (χ1) is 11.1. The van der Waals surface area contributed by atoms with Gasteiger partial charge in [-0.25, -0.2) is 4.39 Å². The van der Waals surface area contributed by atoms with E-state index in [1.807, 2.05) is 12.1 Å². The maximum Gasteiger partial charge on any atom is 0.237 e. The second-order valence-corrected chi connectivity index (χ2v) is 7.11. The van der Waals surface area contributed by atoms with Crippen molar-refractivity contribution in [1.29, 1.82) is 0 Å². The largest absolute Gasteiger partial charge is 0.336 e. The van der Waals surface area contributed by atoms with Crippen molar-refractivity contribution in [1.82, 2.24) is 9.80 Å². The van der Waals surface area contributed by atoms with Crippen LogP contribution in [0.25, 0.3) is 0 Å². The molecule has 2 saturated heterocycles. The van der Waals surface area contributed by atoms with E-state index >= 15 is 0 Å². The molecule has 2 aliphatic rings. The van der Waals surface area contributed by atoms with E-state index in [1.165, 1.54) is 18.6 Å².